The number of aliphatic hydroxyl groups is 1. The number of hydrogen-bond donors (Lipinski definition) is 1. The van der Waals surface area contributed by atoms with Gasteiger partial charge < -0.3 is 5.11 Å². The average molecular weight is 147 g/mol. The van der Waals surface area contributed by atoms with E-state index in [1.54, 1.807) is 0 Å². The molecular formula is C4H5NO3S. The lowest BCUT2D eigenvalue weighted by molar-refractivity contribution is -0.127. The van der Waals surface area contributed by atoms with Crippen LogP contribution in [0.1, 0.15) is 0 Å². The van der Waals surface area contributed by atoms with Crippen molar-refractivity contribution in [3.63, 3.8) is 0 Å². The molecule has 0 spiro atoms. The van der Waals surface area contributed by atoms with Crippen LogP contribution in [-0.4, -0.2) is 33.6 Å². The lowest BCUT2D eigenvalue weighted by Crippen LogP contribution is -2.29. The van der Waals surface area contributed by atoms with Crippen molar-refractivity contribution >= 4 is 22.9 Å². The minimum Gasteiger partial charge on any atom is -0.376 e. The molecule has 0 unspecified atom stereocenters. The maximum Gasteiger partial charge on any atom is 0.290 e. The first-order valence-corrected chi connectivity index (χ1v) is 3.32. The van der Waals surface area contributed by atoms with E-state index in [0.717, 1.165) is 16.7 Å². The Bertz CT molecular complexity index is 142. The third-order valence-corrected chi connectivity index (χ3v) is 1.84. The molecule has 2 amide bonds. The van der Waals surface area contributed by atoms with Gasteiger partial charge in [0.2, 0.25) is 5.91 Å². The summed E-state index contributed by atoms with van der Waals surface area (Å²) in [6, 6.07) is 0. The van der Waals surface area contributed by atoms with Crippen LogP contribution in [0.25, 0.3) is 0 Å². The molecule has 1 heterocycles. The van der Waals surface area contributed by atoms with Crippen molar-refractivity contribution in [2.45, 2.75) is 0 Å². The summed E-state index contributed by atoms with van der Waals surface area (Å²) in [5.74, 6) is -0.146. The Morgan fingerprint density at radius 3 is 2.56 bits per heavy atom. The fraction of sp³-hybridized carbons (Fsp3) is 0.500. The van der Waals surface area contributed by atoms with Crippen molar-refractivity contribution in [2.75, 3.05) is 12.5 Å². The monoisotopic (exact) mass is 147 g/mol. The van der Waals surface area contributed by atoms with Crippen LogP contribution in [0.2, 0.25) is 0 Å². The predicted octanol–water partition coefficient (Wildman–Crippen LogP) is -0.368. The predicted molar refractivity (Wildman–Crippen MR) is 31.8 cm³/mol. The van der Waals surface area contributed by atoms with E-state index >= 15 is 0 Å². The summed E-state index contributed by atoms with van der Waals surface area (Å²) in [4.78, 5) is 21.9. The summed E-state index contributed by atoms with van der Waals surface area (Å²) >= 11 is 0.916. The van der Waals surface area contributed by atoms with Gasteiger partial charge in [-0.15, -0.1) is 0 Å². The van der Waals surface area contributed by atoms with Gasteiger partial charge >= 0.3 is 0 Å². The van der Waals surface area contributed by atoms with E-state index in [2.05, 4.69) is 0 Å². The Hall–Kier alpha value is -0.550. The number of nitrogens with zero attached hydrogens (tertiary/aromatic N) is 1. The molecule has 0 saturated carbocycles. The maximum atomic E-state index is 10.5. The van der Waals surface area contributed by atoms with Crippen LogP contribution in [0, 0.1) is 0 Å². The molecule has 0 atom stereocenters. The fourth-order valence-corrected chi connectivity index (χ4v) is 1.24. The van der Waals surface area contributed by atoms with Gasteiger partial charge in [0.05, 0.1) is 5.75 Å². The van der Waals surface area contributed by atoms with Gasteiger partial charge in [-0.25, -0.2) is 4.90 Å². The summed E-state index contributed by atoms with van der Waals surface area (Å²) in [5, 5.41) is 8.02. The molecule has 4 nitrogen and oxygen atoms in total. The van der Waals surface area contributed by atoms with Gasteiger partial charge in [-0.3, -0.25) is 9.59 Å². The molecule has 0 bridgehead atoms. The van der Waals surface area contributed by atoms with Gasteiger partial charge in [-0.05, 0) is 0 Å². The highest BCUT2D eigenvalue weighted by Crippen LogP contribution is 2.16. The molecule has 0 aromatic heterocycles. The van der Waals surface area contributed by atoms with Crippen molar-refractivity contribution in [1.82, 2.24) is 4.90 Å². The minimum atomic E-state index is -0.495. The Morgan fingerprint density at radius 1 is 1.67 bits per heavy atom. The molecule has 50 valence electrons. The van der Waals surface area contributed by atoms with E-state index in [1.165, 1.54) is 0 Å². The van der Waals surface area contributed by atoms with E-state index in [0.29, 0.717) is 0 Å². The number of thioether (sulfide) groups is 1. The van der Waals surface area contributed by atoms with Crippen molar-refractivity contribution in [3.05, 3.63) is 0 Å². The smallest absolute Gasteiger partial charge is 0.290 e. The van der Waals surface area contributed by atoms with Crippen molar-refractivity contribution < 1.29 is 14.7 Å². The van der Waals surface area contributed by atoms with Crippen molar-refractivity contribution in [1.29, 1.82) is 0 Å². The molecule has 1 rings (SSSR count). The maximum absolute atomic E-state index is 10.5. The standard InChI is InChI=1S/C4H5NO3S/c6-2-5-3(7)1-9-4(5)8/h6H,1-2H2. The van der Waals surface area contributed by atoms with Gasteiger partial charge in [0.15, 0.2) is 0 Å². The Labute approximate surface area is 55.8 Å². The zero-order valence-electron chi connectivity index (χ0n) is 4.53. The van der Waals surface area contributed by atoms with Crippen LogP contribution in [0.15, 0.2) is 0 Å². The number of rotatable bonds is 1. The lowest BCUT2D eigenvalue weighted by atomic mass is 10.6. The zero-order chi connectivity index (χ0) is 6.85. The number of amides is 2. The number of hydrogen-bond acceptors (Lipinski definition) is 4. The topological polar surface area (TPSA) is 57.6 Å². The molecule has 1 N–H and O–H groups in total. The number of imide groups is 1. The van der Waals surface area contributed by atoms with Gasteiger partial charge in [-0.1, -0.05) is 11.8 Å². The number of carbonyl (C=O) groups is 2. The highest BCUT2D eigenvalue weighted by molar-refractivity contribution is 8.14. The van der Waals surface area contributed by atoms with Gasteiger partial charge in [0, 0.05) is 0 Å². The second-order valence-electron chi connectivity index (χ2n) is 1.52. The van der Waals surface area contributed by atoms with Crippen molar-refractivity contribution in [2.24, 2.45) is 0 Å². The minimum absolute atomic E-state index is 0.166. The van der Waals surface area contributed by atoms with Crippen molar-refractivity contribution in [3.8, 4) is 0 Å². The highest BCUT2D eigenvalue weighted by atomic mass is 32.2. The van der Waals surface area contributed by atoms with Crippen LogP contribution in [0.4, 0.5) is 4.79 Å². The fourth-order valence-electron chi connectivity index (χ4n) is 0.518. The van der Waals surface area contributed by atoms with Crippen LogP contribution in [0.5, 0.6) is 0 Å². The quantitative estimate of drug-likeness (QED) is 0.550. The third kappa shape index (κ3) is 1.06. The van der Waals surface area contributed by atoms with E-state index in [4.69, 9.17) is 5.11 Å². The largest absolute Gasteiger partial charge is 0.376 e. The first kappa shape index (κ1) is 6.57. The van der Waals surface area contributed by atoms with Crippen LogP contribution >= 0.6 is 11.8 Å². The number of carbonyl (C=O) groups excluding carboxylic acids is 2. The molecule has 5 heteroatoms. The van der Waals surface area contributed by atoms with E-state index in [-0.39, 0.29) is 16.9 Å². The van der Waals surface area contributed by atoms with Crippen LogP contribution in [0.3, 0.4) is 0 Å². The van der Waals surface area contributed by atoms with Gasteiger partial charge in [0.1, 0.15) is 6.73 Å². The van der Waals surface area contributed by atoms with Gasteiger partial charge in [0.25, 0.3) is 5.24 Å². The molecule has 1 aliphatic heterocycles. The molecule has 0 aromatic carbocycles. The molecule has 1 saturated heterocycles. The number of aliphatic hydroxyl groups excluding tert-OH is 1. The average Bonchev–Trinajstić information content (AvgIpc) is 2.12. The summed E-state index contributed by atoms with van der Waals surface area (Å²) in [5.41, 5.74) is 0. The Morgan fingerprint density at radius 2 is 2.33 bits per heavy atom. The SMILES string of the molecule is O=C1CSC(=O)N1CO. The Balaban J connectivity index is 2.66. The summed E-state index contributed by atoms with van der Waals surface area (Å²) in [6.45, 7) is -0.495. The summed E-state index contributed by atoms with van der Waals surface area (Å²) in [7, 11) is 0. The first-order chi connectivity index (χ1) is 4.25. The molecule has 1 aliphatic rings. The summed E-state index contributed by atoms with van der Waals surface area (Å²) < 4.78 is 0. The molecular weight excluding hydrogens is 142 g/mol. The third-order valence-electron chi connectivity index (χ3n) is 0.982. The van der Waals surface area contributed by atoms with Crippen LogP contribution < -0.4 is 0 Å². The second kappa shape index (κ2) is 2.36. The van der Waals surface area contributed by atoms with E-state index in [1.807, 2.05) is 0 Å². The van der Waals surface area contributed by atoms with E-state index < -0.39 is 6.73 Å². The van der Waals surface area contributed by atoms with Crippen LogP contribution in [-0.2, 0) is 4.79 Å². The zero-order valence-corrected chi connectivity index (χ0v) is 5.35. The van der Waals surface area contributed by atoms with E-state index in [9.17, 15) is 9.59 Å². The summed E-state index contributed by atoms with van der Waals surface area (Å²) in [6.07, 6.45) is 0. The normalized spacial score (nSPS) is 19.4. The highest BCUT2D eigenvalue weighted by Gasteiger charge is 2.28. The molecule has 0 radical (unpaired) electrons. The second-order valence-corrected chi connectivity index (χ2v) is 2.44. The molecule has 0 aromatic rings. The molecule has 9 heavy (non-hydrogen) atoms. The van der Waals surface area contributed by atoms with Gasteiger partial charge in [-0.2, -0.15) is 0 Å². The molecule has 0 aliphatic carbocycles. The Kier molecular flexibility index (Phi) is 1.73. The lowest BCUT2D eigenvalue weighted by Gasteiger charge is -2.05. The molecule has 1 fully saturated rings. The first-order valence-electron chi connectivity index (χ1n) is 2.33.